The molecule has 1 N–H and O–H groups in total. The predicted octanol–water partition coefficient (Wildman–Crippen LogP) is 5.13. The van der Waals surface area contributed by atoms with Crippen LogP contribution in [0, 0.1) is 12.8 Å². The van der Waals surface area contributed by atoms with Gasteiger partial charge in [0.1, 0.15) is 12.4 Å². The Hall–Kier alpha value is -2.86. The van der Waals surface area contributed by atoms with Gasteiger partial charge in [-0.1, -0.05) is 6.92 Å². The number of aromatic nitrogens is 1. The summed E-state index contributed by atoms with van der Waals surface area (Å²) in [7, 11) is 0. The Bertz CT molecular complexity index is 967. The molecule has 4 rings (SSSR count). The molecule has 1 saturated heterocycles. The fourth-order valence-electron chi connectivity index (χ4n) is 3.46. The molecule has 0 spiro atoms. The minimum Gasteiger partial charge on any atom is -0.487 e. The Labute approximate surface area is 175 Å². The molecule has 1 aliphatic rings. The highest BCUT2D eigenvalue weighted by Gasteiger charge is 2.18. The first-order valence-electron chi connectivity index (χ1n) is 9.87. The maximum Gasteiger partial charge on any atom is 0.255 e. The number of rotatable bonds is 6. The first-order chi connectivity index (χ1) is 14.1. The fraction of sp³-hybridized carbons (Fsp3) is 0.304. The third-order valence-electron chi connectivity index (χ3n) is 5.08. The zero-order valence-corrected chi connectivity index (χ0v) is 17.5. The second kappa shape index (κ2) is 8.66. The third kappa shape index (κ3) is 4.95. The maximum absolute atomic E-state index is 12.5. The number of thiazole rings is 1. The zero-order valence-electron chi connectivity index (χ0n) is 16.7. The number of carbonyl (C=O) groups excluding carboxylic acids is 1. The number of benzene rings is 2. The molecule has 1 amide bonds. The molecule has 1 fully saturated rings. The van der Waals surface area contributed by atoms with E-state index in [2.05, 4.69) is 34.3 Å². The van der Waals surface area contributed by atoms with E-state index in [9.17, 15) is 4.79 Å². The van der Waals surface area contributed by atoms with Crippen molar-refractivity contribution in [2.75, 3.05) is 23.3 Å². The van der Waals surface area contributed by atoms with Gasteiger partial charge in [0, 0.05) is 35.4 Å². The van der Waals surface area contributed by atoms with Gasteiger partial charge in [-0.2, -0.15) is 0 Å². The predicted molar refractivity (Wildman–Crippen MR) is 118 cm³/mol. The number of nitrogens with one attached hydrogen (secondary N) is 1. The summed E-state index contributed by atoms with van der Waals surface area (Å²) in [5, 5.41) is 5.98. The van der Waals surface area contributed by atoms with Gasteiger partial charge in [0.15, 0.2) is 0 Å². The van der Waals surface area contributed by atoms with Gasteiger partial charge in [-0.15, -0.1) is 11.3 Å². The van der Waals surface area contributed by atoms with E-state index in [1.165, 1.54) is 12.1 Å². The largest absolute Gasteiger partial charge is 0.487 e. The monoisotopic (exact) mass is 407 g/mol. The van der Waals surface area contributed by atoms with Crippen molar-refractivity contribution in [2.45, 2.75) is 26.9 Å². The van der Waals surface area contributed by atoms with Crippen LogP contribution in [0.5, 0.6) is 5.75 Å². The SMILES string of the molecule is Cc1nc(COc2ccc(C(=O)Nc3ccc(N4CCC(C)C4)cc3)cc2)cs1. The number of amides is 1. The van der Waals surface area contributed by atoms with E-state index in [1.54, 1.807) is 23.5 Å². The van der Waals surface area contributed by atoms with Crippen LogP contribution in [-0.2, 0) is 6.61 Å². The molecule has 5 nitrogen and oxygen atoms in total. The van der Waals surface area contributed by atoms with Crippen molar-refractivity contribution in [1.29, 1.82) is 0 Å². The average Bonchev–Trinajstić information content (AvgIpc) is 3.35. The molecule has 0 aliphatic carbocycles. The van der Waals surface area contributed by atoms with Gasteiger partial charge in [-0.05, 0) is 67.8 Å². The number of ether oxygens (including phenoxy) is 1. The number of hydrogen-bond donors (Lipinski definition) is 1. The van der Waals surface area contributed by atoms with Gasteiger partial charge in [0.25, 0.3) is 5.91 Å². The molecule has 0 radical (unpaired) electrons. The lowest BCUT2D eigenvalue weighted by molar-refractivity contribution is 0.102. The molecule has 1 aromatic heterocycles. The van der Waals surface area contributed by atoms with Gasteiger partial charge in [0.2, 0.25) is 0 Å². The molecule has 1 unspecified atom stereocenters. The first kappa shape index (κ1) is 19.5. The Morgan fingerprint density at radius 1 is 1.21 bits per heavy atom. The van der Waals surface area contributed by atoms with Gasteiger partial charge in [-0.25, -0.2) is 4.98 Å². The minimum atomic E-state index is -0.130. The standard InChI is InChI=1S/C23H25N3O2S/c1-16-11-12-26(13-16)21-7-5-19(6-8-21)25-23(27)18-3-9-22(10-4-18)28-14-20-15-29-17(2)24-20/h3-10,15-16H,11-14H2,1-2H3,(H,25,27). The summed E-state index contributed by atoms with van der Waals surface area (Å²) < 4.78 is 5.74. The second-order valence-electron chi connectivity index (χ2n) is 7.51. The van der Waals surface area contributed by atoms with Crippen molar-refractivity contribution in [2.24, 2.45) is 5.92 Å². The smallest absolute Gasteiger partial charge is 0.255 e. The van der Waals surface area contributed by atoms with Crippen molar-refractivity contribution in [3.8, 4) is 5.75 Å². The van der Waals surface area contributed by atoms with Crippen LogP contribution in [0.3, 0.4) is 0 Å². The second-order valence-corrected chi connectivity index (χ2v) is 8.57. The molecule has 2 aromatic carbocycles. The highest BCUT2D eigenvalue weighted by atomic mass is 32.1. The molecule has 1 aliphatic heterocycles. The lowest BCUT2D eigenvalue weighted by Crippen LogP contribution is -2.19. The number of anilines is 2. The van der Waals surface area contributed by atoms with Gasteiger partial charge >= 0.3 is 0 Å². The van der Waals surface area contributed by atoms with Crippen LogP contribution in [0.15, 0.2) is 53.9 Å². The van der Waals surface area contributed by atoms with E-state index < -0.39 is 0 Å². The summed E-state index contributed by atoms with van der Waals surface area (Å²) in [6.07, 6.45) is 1.24. The first-order valence-corrected chi connectivity index (χ1v) is 10.7. The van der Waals surface area contributed by atoms with Crippen molar-refractivity contribution < 1.29 is 9.53 Å². The molecule has 29 heavy (non-hydrogen) atoms. The average molecular weight is 408 g/mol. The van der Waals surface area contributed by atoms with Gasteiger partial charge in [0.05, 0.1) is 10.7 Å². The summed E-state index contributed by atoms with van der Waals surface area (Å²) in [6.45, 7) is 6.89. The Balaban J connectivity index is 1.32. The minimum absolute atomic E-state index is 0.130. The highest BCUT2D eigenvalue weighted by Crippen LogP contribution is 2.25. The molecular weight excluding hydrogens is 382 g/mol. The highest BCUT2D eigenvalue weighted by molar-refractivity contribution is 7.09. The summed E-state index contributed by atoms with van der Waals surface area (Å²) in [5.74, 6) is 1.33. The van der Waals surface area contributed by atoms with Crippen LogP contribution in [0.2, 0.25) is 0 Å². The topological polar surface area (TPSA) is 54.5 Å². The number of aryl methyl sites for hydroxylation is 1. The van der Waals surface area contributed by atoms with E-state index >= 15 is 0 Å². The Kier molecular flexibility index (Phi) is 5.81. The van der Waals surface area contributed by atoms with Crippen molar-refractivity contribution >= 4 is 28.6 Å². The van der Waals surface area contributed by atoms with Crippen LogP contribution in [0.4, 0.5) is 11.4 Å². The molecule has 3 aromatic rings. The number of carbonyl (C=O) groups is 1. The van der Waals surface area contributed by atoms with Gasteiger partial charge < -0.3 is 15.0 Å². The maximum atomic E-state index is 12.5. The van der Waals surface area contributed by atoms with Crippen LogP contribution >= 0.6 is 11.3 Å². The fourth-order valence-corrected chi connectivity index (χ4v) is 4.06. The molecule has 0 bridgehead atoms. The molecule has 150 valence electrons. The Morgan fingerprint density at radius 2 is 1.97 bits per heavy atom. The van der Waals surface area contributed by atoms with E-state index in [0.717, 1.165) is 41.1 Å². The normalized spacial score (nSPS) is 16.1. The quantitative estimate of drug-likeness (QED) is 0.615. The summed E-state index contributed by atoms with van der Waals surface area (Å²) in [4.78, 5) is 19.3. The molecule has 6 heteroatoms. The van der Waals surface area contributed by atoms with E-state index in [0.29, 0.717) is 12.2 Å². The zero-order chi connectivity index (χ0) is 20.2. The molecule has 1 atom stereocenters. The molecule has 2 heterocycles. The number of hydrogen-bond acceptors (Lipinski definition) is 5. The van der Waals surface area contributed by atoms with Crippen molar-refractivity contribution in [3.63, 3.8) is 0 Å². The summed E-state index contributed by atoms with van der Waals surface area (Å²) in [6, 6.07) is 15.2. The lowest BCUT2D eigenvalue weighted by atomic mass is 10.2. The van der Waals surface area contributed by atoms with Crippen LogP contribution in [-0.4, -0.2) is 24.0 Å². The Morgan fingerprint density at radius 3 is 2.59 bits per heavy atom. The van der Waals surface area contributed by atoms with Crippen LogP contribution < -0.4 is 15.0 Å². The third-order valence-corrected chi connectivity index (χ3v) is 5.91. The van der Waals surface area contributed by atoms with E-state index in [4.69, 9.17) is 4.74 Å². The lowest BCUT2D eigenvalue weighted by Gasteiger charge is -2.18. The van der Waals surface area contributed by atoms with Crippen LogP contribution in [0.1, 0.15) is 34.4 Å². The van der Waals surface area contributed by atoms with Crippen LogP contribution in [0.25, 0.3) is 0 Å². The van der Waals surface area contributed by atoms with Crippen molar-refractivity contribution in [1.82, 2.24) is 4.98 Å². The molecular formula is C23H25N3O2S. The van der Waals surface area contributed by atoms with Gasteiger partial charge in [-0.3, -0.25) is 4.79 Å². The van der Waals surface area contributed by atoms with E-state index in [-0.39, 0.29) is 5.91 Å². The van der Waals surface area contributed by atoms with Crippen molar-refractivity contribution in [3.05, 3.63) is 70.2 Å². The number of nitrogens with zero attached hydrogens (tertiary/aromatic N) is 2. The molecule has 0 saturated carbocycles. The summed E-state index contributed by atoms with van der Waals surface area (Å²) in [5.41, 5.74) is 3.52. The summed E-state index contributed by atoms with van der Waals surface area (Å²) >= 11 is 1.61. The van der Waals surface area contributed by atoms with E-state index in [1.807, 2.05) is 36.6 Å².